The van der Waals surface area contributed by atoms with E-state index >= 15 is 0 Å². The molecule has 0 unspecified atom stereocenters. The van der Waals surface area contributed by atoms with Crippen molar-refractivity contribution in [2.75, 3.05) is 6.23 Å². The van der Waals surface area contributed by atoms with Gasteiger partial charge in [0, 0.05) is 6.23 Å². The van der Waals surface area contributed by atoms with Gasteiger partial charge in [0.1, 0.15) is 8.07 Å². The van der Waals surface area contributed by atoms with E-state index in [0.717, 1.165) is 0 Å². The molecular weight excluding hydrogens is 212 g/mol. The molecule has 82 valence electrons. The molecule has 1 N–H and O–H groups in total. The van der Waals surface area contributed by atoms with Gasteiger partial charge in [-0.05, 0) is 0 Å². The highest BCUT2D eigenvalue weighted by molar-refractivity contribution is 7.01. The Hall–Kier alpha value is -1.38. The molecule has 2 aromatic carbocycles. The molecule has 2 heteroatoms. The zero-order valence-corrected chi connectivity index (χ0v) is 10.4. The topological polar surface area (TPSA) is 20.2 Å². The summed E-state index contributed by atoms with van der Waals surface area (Å²) in [5.41, 5.74) is 0. The van der Waals surface area contributed by atoms with Gasteiger partial charge in [0.05, 0.1) is 0 Å². The van der Waals surface area contributed by atoms with Crippen molar-refractivity contribution in [1.82, 2.24) is 0 Å². The molecule has 0 fully saturated rings. The molecular formula is C14H16OSi. The molecule has 0 amide bonds. The second-order valence-electron chi connectivity index (χ2n) is 4.22. The lowest BCUT2D eigenvalue weighted by Crippen LogP contribution is -2.59. The third-order valence-corrected chi connectivity index (χ3v) is 6.99. The van der Waals surface area contributed by atoms with E-state index in [-0.39, 0.29) is 6.23 Å². The average molecular weight is 228 g/mol. The van der Waals surface area contributed by atoms with E-state index in [1.54, 1.807) is 0 Å². The highest BCUT2D eigenvalue weighted by Gasteiger charge is 2.30. The fraction of sp³-hybridized carbons (Fsp3) is 0.143. The van der Waals surface area contributed by atoms with E-state index in [2.05, 4.69) is 30.8 Å². The minimum absolute atomic E-state index is 0.251. The molecule has 0 radical (unpaired) electrons. The second-order valence-corrected chi connectivity index (χ2v) is 8.36. The van der Waals surface area contributed by atoms with Crippen LogP contribution in [0.4, 0.5) is 0 Å². The minimum Gasteiger partial charge on any atom is -0.399 e. The van der Waals surface area contributed by atoms with Crippen LogP contribution in [0.15, 0.2) is 60.7 Å². The Morgan fingerprint density at radius 3 is 1.50 bits per heavy atom. The molecule has 0 spiro atoms. The zero-order chi connectivity index (χ0) is 11.4. The Balaban J connectivity index is 2.49. The SMILES string of the molecule is C[Si](CO)(c1ccccc1)c1ccccc1. The molecule has 1 nitrogen and oxygen atoms in total. The largest absolute Gasteiger partial charge is 0.399 e. The summed E-state index contributed by atoms with van der Waals surface area (Å²) in [4.78, 5) is 0. The number of aliphatic hydroxyl groups is 1. The number of hydrogen-bond donors (Lipinski definition) is 1. The molecule has 0 aliphatic rings. The number of hydrogen-bond acceptors (Lipinski definition) is 1. The van der Waals surface area contributed by atoms with Crippen LogP contribution in [0.1, 0.15) is 0 Å². The van der Waals surface area contributed by atoms with E-state index in [9.17, 15) is 5.11 Å². The molecule has 0 bridgehead atoms. The van der Waals surface area contributed by atoms with Crippen LogP contribution in [0.2, 0.25) is 6.55 Å². The van der Waals surface area contributed by atoms with Crippen LogP contribution in [0.3, 0.4) is 0 Å². The number of aliphatic hydroxyl groups excluding tert-OH is 1. The maximum Gasteiger partial charge on any atom is 0.141 e. The van der Waals surface area contributed by atoms with Crippen LogP contribution in [0.5, 0.6) is 0 Å². The average Bonchev–Trinajstić information content (AvgIpc) is 2.40. The molecule has 16 heavy (non-hydrogen) atoms. The van der Waals surface area contributed by atoms with E-state index in [1.807, 2.05) is 36.4 Å². The zero-order valence-electron chi connectivity index (χ0n) is 9.43. The lowest BCUT2D eigenvalue weighted by atomic mass is 10.4. The molecule has 0 aliphatic carbocycles. The Bertz CT molecular complexity index is 399. The van der Waals surface area contributed by atoms with Gasteiger partial charge in [-0.25, -0.2) is 0 Å². The Kier molecular flexibility index (Phi) is 3.22. The smallest absolute Gasteiger partial charge is 0.141 e. The predicted octanol–water partition coefficient (Wildman–Crippen LogP) is 1.41. The van der Waals surface area contributed by atoms with Crippen molar-refractivity contribution >= 4 is 18.4 Å². The first-order chi connectivity index (χ1) is 7.77. The van der Waals surface area contributed by atoms with Gasteiger partial charge in [0.2, 0.25) is 0 Å². The standard InChI is InChI=1S/C14H16OSi/c1-16(12-15,13-8-4-2-5-9-13)14-10-6-3-7-11-14/h2-11,15H,12H2,1H3. The number of benzene rings is 2. The van der Waals surface area contributed by atoms with E-state index < -0.39 is 8.07 Å². The summed E-state index contributed by atoms with van der Waals surface area (Å²) in [6, 6.07) is 20.7. The number of rotatable bonds is 3. The van der Waals surface area contributed by atoms with Gasteiger partial charge in [-0.1, -0.05) is 77.6 Å². The van der Waals surface area contributed by atoms with Gasteiger partial charge in [0.15, 0.2) is 0 Å². The summed E-state index contributed by atoms with van der Waals surface area (Å²) in [5, 5.41) is 12.3. The normalized spacial score (nSPS) is 11.4. The van der Waals surface area contributed by atoms with Crippen LogP contribution in [0.25, 0.3) is 0 Å². The third-order valence-electron chi connectivity index (χ3n) is 3.14. The van der Waals surface area contributed by atoms with Gasteiger partial charge >= 0.3 is 0 Å². The molecule has 0 saturated heterocycles. The third kappa shape index (κ3) is 1.94. The van der Waals surface area contributed by atoms with Crippen LogP contribution in [-0.2, 0) is 0 Å². The molecule has 0 atom stereocenters. The Morgan fingerprint density at radius 2 is 1.19 bits per heavy atom. The molecule has 0 aromatic heterocycles. The van der Waals surface area contributed by atoms with Crippen molar-refractivity contribution in [3.63, 3.8) is 0 Å². The first-order valence-corrected chi connectivity index (χ1v) is 8.20. The quantitative estimate of drug-likeness (QED) is 0.788. The van der Waals surface area contributed by atoms with Gasteiger partial charge in [-0.2, -0.15) is 0 Å². The monoisotopic (exact) mass is 228 g/mol. The van der Waals surface area contributed by atoms with Gasteiger partial charge in [-0.15, -0.1) is 0 Å². The molecule has 2 aromatic rings. The maximum atomic E-state index is 9.75. The van der Waals surface area contributed by atoms with Crippen molar-refractivity contribution < 1.29 is 5.11 Å². The lowest BCUT2D eigenvalue weighted by Gasteiger charge is -2.26. The molecule has 0 saturated carbocycles. The van der Waals surface area contributed by atoms with Crippen molar-refractivity contribution in [2.45, 2.75) is 6.55 Å². The maximum absolute atomic E-state index is 9.75. The van der Waals surface area contributed by atoms with Gasteiger partial charge in [0.25, 0.3) is 0 Å². The molecule has 2 rings (SSSR count). The second kappa shape index (κ2) is 4.64. The summed E-state index contributed by atoms with van der Waals surface area (Å²) in [6.45, 7) is 2.21. The highest BCUT2D eigenvalue weighted by atomic mass is 28.3. The Morgan fingerprint density at radius 1 is 0.812 bits per heavy atom. The molecule has 0 heterocycles. The van der Waals surface area contributed by atoms with Crippen molar-refractivity contribution in [2.24, 2.45) is 0 Å². The first-order valence-electron chi connectivity index (χ1n) is 5.49. The van der Waals surface area contributed by atoms with Crippen LogP contribution in [-0.4, -0.2) is 19.4 Å². The van der Waals surface area contributed by atoms with Crippen molar-refractivity contribution in [3.8, 4) is 0 Å². The first kappa shape index (κ1) is 11.1. The predicted molar refractivity (Wildman–Crippen MR) is 70.9 cm³/mol. The fourth-order valence-electron chi connectivity index (χ4n) is 1.96. The van der Waals surface area contributed by atoms with Crippen LogP contribution < -0.4 is 10.4 Å². The van der Waals surface area contributed by atoms with Crippen LogP contribution in [0, 0.1) is 0 Å². The lowest BCUT2D eigenvalue weighted by molar-refractivity contribution is 0.361. The van der Waals surface area contributed by atoms with E-state index in [0.29, 0.717) is 0 Å². The van der Waals surface area contributed by atoms with Crippen molar-refractivity contribution in [1.29, 1.82) is 0 Å². The van der Waals surface area contributed by atoms with Crippen LogP contribution >= 0.6 is 0 Å². The summed E-state index contributed by atoms with van der Waals surface area (Å²) in [6.07, 6.45) is 0.251. The Labute approximate surface area is 97.4 Å². The fourth-order valence-corrected chi connectivity index (χ4v) is 4.52. The van der Waals surface area contributed by atoms with E-state index in [4.69, 9.17) is 0 Å². The summed E-state index contributed by atoms with van der Waals surface area (Å²) >= 11 is 0. The van der Waals surface area contributed by atoms with E-state index in [1.165, 1.54) is 10.4 Å². The minimum atomic E-state index is -1.92. The summed E-state index contributed by atoms with van der Waals surface area (Å²) in [7, 11) is -1.92. The summed E-state index contributed by atoms with van der Waals surface area (Å²) in [5.74, 6) is 0. The van der Waals surface area contributed by atoms with Gasteiger partial charge in [-0.3, -0.25) is 0 Å². The van der Waals surface area contributed by atoms with Gasteiger partial charge < -0.3 is 5.11 Å². The van der Waals surface area contributed by atoms with Crippen molar-refractivity contribution in [3.05, 3.63) is 60.7 Å². The summed E-state index contributed by atoms with van der Waals surface area (Å²) < 4.78 is 0. The highest BCUT2D eigenvalue weighted by Crippen LogP contribution is 2.04. The molecule has 0 aliphatic heterocycles.